The van der Waals surface area contributed by atoms with E-state index in [9.17, 15) is 14.9 Å². The summed E-state index contributed by atoms with van der Waals surface area (Å²) in [6.45, 7) is 3.71. The molecule has 0 spiro atoms. The van der Waals surface area contributed by atoms with E-state index in [-0.39, 0.29) is 17.4 Å². The second kappa shape index (κ2) is 8.64. The van der Waals surface area contributed by atoms with Crippen LogP contribution in [0, 0.1) is 10.1 Å². The van der Waals surface area contributed by atoms with Gasteiger partial charge in [-0.15, -0.1) is 0 Å². The van der Waals surface area contributed by atoms with E-state index in [0.717, 1.165) is 6.07 Å². The van der Waals surface area contributed by atoms with Crippen molar-refractivity contribution in [2.24, 2.45) is 5.10 Å². The normalized spacial score (nSPS) is 11.0. The summed E-state index contributed by atoms with van der Waals surface area (Å²) in [6, 6.07) is 8.51. The molecule has 0 unspecified atom stereocenters. The minimum atomic E-state index is -0.582. The largest absolute Gasteiger partial charge is 0.488 e. The maximum atomic E-state index is 12.0. The molecule has 0 fully saturated rings. The van der Waals surface area contributed by atoms with Crippen LogP contribution in [0.4, 0.5) is 5.69 Å². The number of nitrogens with zero attached hydrogens (tertiary/aromatic N) is 2. The molecule has 2 aromatic rings. The quantitative estimate of drug-likeness (QED) is 0.443. The average Bonchev–Trinajstić information content (AvgIpc) is 2.58. The molecule has 0 aliphatic rings. The number of ether oxygens (including phenoxy) is 1. The van der Waals surface area contributed by atoms with Gasteiger partial charge in [-0.2, -0.15) is 5.10 Å². The Hall–Kier alpha value is -2.64. The van der Waals surface area contributed by atoms with Crippen LogP contribution >= 0.6 is 23.2 Å². The number of halogens is 2. The van der Waals surface area contributed by atoms with E-state index < -0.39 is 10.8 Å². The maximum absolute atomic E-state index is 12.0. The monoisotopic (exact) mass is 395 g/mol. The first-order valence-corrected chi connectivity index (χ1v) is 8.27. The lowest BCUT2D eigenvalue weighted by atomic mass is 10.2. The molecule has 0 saturated heterocycles. The fourth-order valence-electron chi connectivity index (χ4n) is 1.99. The van der Waals surface area contributed by atoms with Crippen LogP contribution in [0.15, 0.2) is 41.5 Å². The molecular weight excluding hydrogens is 381 g/mol. The van der Waals surface area contributed by atoms with Crippen molar-refractivity contribution in [1.82, 2.24) is 5.43 Å². The second-order valence-electron chi connectivity index (χ2n) is 5.49. The Morgan fingerprint density at radius 3 is 2.50 bits per heavy atom. The topological polar surface area (TPSA) is 93.8 Å². The number of hydrazone groups is 1. The fourth-order valence-corrected chi connectivity index (χ4v) is 2.59. The number of rotatable bonds is 6. The van der Waals surface area contributed by atoms with Crippen molar-refractivity contribution >= 4 is 41.0 Å². The van der Waals surface area contributed by atoms with Gasteiger partial charge >= 0.3 is 0 Å². The number of amides is 1. The van der Waals surface area contributed by atoms with E-state index in [1.807, 2.05) is 13.8 Å². The summed E-state index contributed by atoms with van der Waals surface area (Å²) in [7, 11) is 0. The Kier molecular flexibility index (Phi) is 6.54. The van der Waals surface area contributed by atoms with Gasteiger partial charge in [0.1, 0.15) is 0 Å². The van der Waals surface area contributed by atoms with Crippen LogP contribution in [0.25, 0.3) is 0 Å². The third kappa shape index (κ3) is 5.18. The Bertz CT molecular complexity index is 846. The average molecular weight is 396 g/mol. The van der Waals surface area contributed by atoms with Crippen molar-refractivity contribution in [3.63, 3.8) is 0 Å². The van der Waals surface area contributed by atoms with Gasteiger partial charge in [0.2, 0.25) is 0 Å². The van der Waals surface area contributed by atoms with Gasteiger partial charge in [-0.05, 0) is 37.6 Å². The van der Waals surface area contributed by atoms with Gasteiger partial charge in [0, 0.05) is 17.7 Å². The maximum Gasteiger partial charge on any atom is 0.271 e. The number of nitro benzene ring substituents is 1. The Balaban J connectivity index is 2.09. The summed E-state index contributed by atoms with van der Waals surface area (Å²) in [5.41, 5.74) is 2.78. The Morgan fingerprint density at radius 2 is 1.92 bits per heavy atom. The Morgan fingerprint density at radius 1 is 1.27 bits per heavy atom. The SMILES string of the molecule is CC(C)Oc1c(Cl)cc(/C=N/NC(=O)c2cccc([N+](=O)[O-])c2)cc1Cl. The Labute approximate surface area is 159 Å². The van der Waals surface area contributed by atoms with Gasteiger partial charge in [-0.1, -0.05) is 29.3 Å². The van der Waals surface area contributed by atoms with Crippen molar-refractivity contribution in [1.29, 1.82) is 0 Å². The molecular formula is C17H15Cl2N3O4. The van der Waals surface area contributed by atoms with Gasteiger partial charge in [-0.3, -0.25) is 14.9 Å². The van der Waals surface area contributed by atoms with Gasteiger partial charge < -0.3 is 4.74 Å². The molecule has 0 bridgehead atoms. The van der Waals surface area contributed by atoms with Crippen molar-refractivity contribution in [2.45, 2.75) is 20.0 Å². The zero-order valence-electron chi connectivity index (χ0n) is 13.9. The summed E-state index contributed by atoms with van der Waals surface area (Å²) in [4.78, 5) is 22.2. The number of hydrogen-bond acceptors (Lipinski definition) is 5. The molecule has 0 aromatic heterocycles. The lowest BCUT2D eigenvalue weighted by molar-refractivity contribution is -0.384. The van der Waals surface area contributed by atoms with E-state index in [0.29, 0.717) is 21.4 Å². The molecule has 2 aromatic carbocycles. The third-order valence-corrected chi connectivity index (χ3v) is 3.63. The molecule has 2 rings (SSSR count). The molecule has 0 heterocycles. The predicted octanol–water partition coefficient (Wildman–Crippen LogP) is 4.45. The number of benzene rings is 2. The second-order valence-corrected chi connectivity index (χ2v) is 6.30. The highest BCUT2D eigenvalue weighted by atomic mass is 35.5. The van der Waals surface area contributed by atoms with Crippen LogP contribution < -0.4 is 10.2 Å². The molecule has 9 heteroatoms. The molecule has 0 aliphatic carbocycles. The minimum absolute atomic E-state index is 0.0845. The number of carbonyl (C=O) groups is 1. The van der Waals surface area contributed by atoms with Crippen LogP contribution in [0.2, 0.25) is 10.0 Å². The van der Waals surface area contributed by atoms with Gasteiger partial charge in [-0.25, -0.2) is 5.43 Å². The molecule has 1 amide bonds. The van der Waals surface area contributed by atoms with Crippen LogP contribution in [0.5, 0.6) is 5.75 Å². The minimum Gasteiger partial charge on any atom is -0.488 e. The lowest BCUT2D eigenvalue weighted by Crippen LogP contribution is -2.17. The number of nitrogens with one attached hydrogen (secondary N) is 1. The van der Waals surface area contributed by atoms with Crippen LogP contribution in [0.1, 0.15) is 29.8 Å². The first-order chi connectivity index (χ1) is 12.3. The molecule has 0 aliphatic heterocycles. The summed E-state index contributed by atoms with van der Waals surface area (Å²) < 4.78 is 5.53. The highest BCUT2D eigenvalue weighted by Crippen LogP contribution is 2.34. The van der Waals surface area contributed by atoms with Crippen molar-refractivity contribution in [2.75, 3.05) is 0 Å². The van der Waals surface area contributed by atoms with Crippen molar-refractivity contribution in [3.05, 3.63) is 67.7 Å². The van der Waals surface area contributed by atoms with Crippen LogP contribution in [0.3, 0.4) is 0 Å². The summed E-state index contributed by atoms with van der Waals surface area (Å²) in [5.74, 6) is -0.206. The first kappa shape index (κ1) is 19.7. The van der Waals surface area contributed by atoms with Gasteiger partial charge in [0.15, 0.2) is 5.75 Å². The smallest absolute Gasteiger partial charge is 0.271 e. The van der Waals surface area contributed by atoms with E-state index in [2.05, 4.69) is 10.5 Å². The number of non-ortho nitro benzene ring substituents is 1. The zero-order chi connectivity index (χ0) is 19.3. The van der Waals surface area contributed by atoms with Gasteiger partial charge in [0.05, 0.1) is 27.3 Å². The molecule has 7 nitrogen and oxygen atoms in total. The van der Waals surface area contributed by atoms with Crippen LogP contribution in [-0.2, 0) is 0 Å². The molecule has 1 N–H and O–H groups in total. The summed E-state index contributed by atoms with van der Waals surface area (Å²) in [5, 5.41) is 15.2. The number of nitro groups is 1. The van der Waals surface area contributed by atoms with E-state index in [1.165, 1.54) is 24.4 Å². The predicted molar refractivity (Wildman–Crippen MR) is 100 cm³/mol. The van der Waals surface area contributed by atoms with Gasteiger partial charge in [0.25, 0.3) is 11.6 Å². The molecule has 0 atom stereocenters. The van der Waals surface area contributed by atoms with E-state index in [1.54, 1.807) is 12.1 Å². The summed E-state index contributed by atoms with van der Waals surface area (Å²) in [6.07, 6.45) is 1.27. The fraction of sp³-hybridized carbons (Fsp3) is 0.176. The molecule has 136 valence electrons. The zero-order valence-corrected chi connectivity index (χ0v) is 15.4. The standard InChI is InChI=1S/C17H15Cl2N3O4/c1-10(2)26-16-14(18)6-11(7-15(16)19)9-20-21-17(23)12-4-3-5-13(8-12)22(24)25/h3-10H,1-2H3,(H,21,23)/b20-9+. The van der Waals surface area contributed by atoms with E-state index >= 15 is 0 Å². The molecule has 0 radical (unpaired) electrons. The van der Waals surface area contributed by atoms with E-state index in [4.69, 9.17) is 27.9 Å². The van der Waals surface area contributed by atoms with Crippen molar-refractivity contribution in [3.8, 4) is 5.75 Å². The molecule has 26 heavy (non-hydrogen) atoms. The molecule has 0 saturated carbocycles. The highest BCUT2D eigenvalue weighted by Gasteiger charge is 2.12. The lowest BCUT2D eigenvalue weighted by Gasteiger charge is -2.13. The third-order valence-electron chi connectivity index (χ3n) is 3.07. The number of hydrogen-bond donors (Lipinski definition) is 1. The highest BCUT2D eigenvalue weighted by molar-refractivity contribution is 6.37. The summed E-state index contributed by atoms with van der Waals surface area (Å²) >= 11 is 12.3. The first-order valence-electron chi connectivity index (χ1n) is 7.51. The van der Waals surface area contributed by atoms with Crippen LogP contribution in [-0.4, -0.2) is 23.1 Å². The number of carbonyl (C=O) groups excluding carboxylic acids is 1. The van der Waals surface area contributed by atoms with Crippen molar-refractivity contribution < 1.29 is 14.5 Å².